The second-order valence-corrected chi connectivity index (χ2v) is 8.20. The summed E-state index contributed by atoms with van der Waals surface area (Å²) in [5, 5.41) is 12.3. The van der Waals surface area contributed by atoms with Crippen LogP contribution >= 0.6 is 0 Å². The molecule has 2 N–H and O–H groups in total. The topological polar surface area (TPSA) is 75.6 Å². The first kappa shape index (κ1) is 20.8. The first-order valence-corrected chi connectivity index (χ1v) is 10.9. The molecule has 33 heavy (non-hydrogen) atoms. The van der Waals surface area contributed by atoms with E-state index in [2.05, 4.69) is 17.4 Å². The molecule has 0 fully saturated rings. The first-order valence-electron chi connectivity index (χ1n) is 10.9. The molecule has 0 unspecified atom stereocenters. The average molecular weight is 437 g/mol. The van der Waals surface area contributed by atoms with Crippen LogP contribution in [0, 0.1) is 0 Å². The lowest BCUT2D eigenvalue weighted by Crippen LogP contribution is -2.42. The lowest BCUT2D eigenvalue weighted by Gasteiger charge is -2.17. The summed E-state index contributed by atoms with van der Waals surface area (Å²) >= 11 is 0. The molecule has 2 aromatic rings. The summed E-state index contributed by atoms with van der Waals surface area (Å²) < 4.78 is 5.53. The molecule has 3 aliphatic rings. The van der Waals surface area contributed by atoms with E-state index in [1.807, 2.05) is 78.9 Å². The normalized spacial score (nSPS) is 13.2. The van der Waals surface area contributed by atoms with Crippen LogP contribution in [0.25, 0.3) is 22.3 Å². The maximum absolute atomic E-state index is 12.6. The number of aliphatic carboxylic acids is 1. The van der Waals surface area contributed by atoms with Gasteiger partial charge in [0.1, 0.15) is 12.6 Å². The van der Waals surface area contributed by atoms with Crippen LogP contribution in [0.1, 0.15) is 22.6 Å². The number of benzene rings is 2. The first-order chi connectivity index (χ1) is 16.1. The van der Waals surface area contributed by atoms with Crippen LogP contribution in [0.2, 0.25) is 0 Å². The maximum atomic E-state index is 12.6. The Morgan fingerprint density at radius 1 is 0.788 bits per heavy atom. The van der Waals surface area contributed by atoms with Gasteiger partial charge in [-0.3, -0.25) is 0 Å². The van der Waals surface area contributed by atoms with Crippen LogP contribution in [0.15, 0.2) is 91.0 Å². The monoisotopic (exact) mass is 437 g/mol. The molecule has 164 valence electrons. The standard InChI is InChI=1S/C28H23NO4/c30-27(31)26(16-19-15-14-18-8-2-1-3-9-20(18)19)29-28(32)33-17-25-23-12-6-4-10-21(23)22-11-5-7-13-24(22)25/h1-15,25-26H,16-17H2,(H,29,32)(H,30,31)/t26-/m0/s1. The zero-order valence-electron chi connectivity index (χ0n) is 17.9. The summed E-state index contributed by atoms with van der Waals surface area (Å²) in [4.78, 5) is 24.5. The Kier molecular flexibility index (Phi) is 5.53. The highest BCUT2D eigenvalue weighted by Gasteiger charge is 2.30. The van der Waals surface area contributed by atoms with Crippen LogP contribution in [0.3, 0.4) is 0 Å². The molecule has 0 bridgehead atoms. The number of carbonyl (C=O) groups is 2. The van der Waals surface area contributed by atoms with E-state index in [1.165, 1.54) is 0 Å². The number of carboxylic acids is 1. The average Bonchev–Trinajstić information content (AvgIpc) is 3.25. The number of amides is 1. The molecule has 5 heteroatoms. The van der Waals surface area contributed by atoms with Crippen LogP contribution in [0.4, 0.5) is 4.79 Å². The number of carbonyl (C=O) groups excluding carboxylic acids is 1. The third kappa shape index (κ3) is 4.05. The molecule has 0 saturated heterocycles. The van der Waals surface area contributed by atoms with E-state index in [1.54, 1.807) is 0 Å². The fraction of sp³-hybridized carbons (Fsp3) is 0.143. The largest absolute Gasteiger partial charge is 0.480 e. The van der Waals surface area contributed by atoms with Crippen molar-refractivity contribution in [1.82, 2.24) is 5.32 Å². The highest BCUT2D eigenvalue weighted by molar-refractivity contribution is 5.82. The zero-order valence-corrected chi connectivity index (χ0v) is 17.9. The molecule has 5 rings (SSSR count). The minimum absolute atomic E-state index is 0.0783. The molecule has 2 aromatic carbocycles. The molecule has 3 aliphatic carbocycles. The van der Waals surface area contributed by atoms with Gasteiger partial charge >= 0.3 is 12.1 Å². The van der Waals surface area contributed by atoms with Crippen LogP contribution in [-0.2, 0) is 16.0 Å². The predicted molar refractivity (Wildman–Crippen MR) is 126 cm³/mol. The van der Waals surface area contributed by atoms with Crippen molar-refractivity contribution in [3.05, 3.63) is 108 Å². The third-order valence-electron chi connectivity index (χ3n) is 6.24. The molecule has 1 atom stereocenters. The Hall–Kier alpha value is -4.12. The minimum Gasteiger partial charge on any atom is -0.480 e. The van der Waals surface area contributed by atoms with Gasteiger partial charge in [-0.25, -0.2) is 9.59 Å². The Labute approximate surface area is 192 Å². The number of hydrogen-bond donors (Lipinski definition) is 2. The van der Waals surface area contributed by atoms with Crippen molar-refractivity contribution in [1.29, 1.82) is 0 Å². The van der Waals surface area contributed by atoms with Crippen molar-refractivity contribution < 1.29 is 19.4 Å². The number of rotatable bonds is 6. The van der Waals surface area contributed by atoms with Gasteiger partial charge in [-0.15, -0.1) is 0 Å². The van der Waals surface area contributed by atoms with E-state index in [9.17, 15) is 14.7 Å². The molecular formula is C28H23NO4. The van der Waals surface area contributed by atoms with Gasteiger partial charge in [-0.1, -0.05) is 91.0 Å². The molecule has 0 heterocycles. The van der Waals surface area contributed by atoms with E-state index in [-0.39, 0.29) is 18.9 Å². The lowest BCUT2D eigenvalue weighted by molar-refractivity contribution is -0.139. The van der Waals surface area contributed by atoms with Crippen molar-refractivity contribution in [3.8, 4) is 22.3 Å². The number of nitrogens with one attached hydrogen (secondary N) is 1. The Morgan fingerprint density at radius 3 is 2.09 bits per heavy atom. The molecule has 1 amide bonds. The Morgan fingerprint density at radius 2 is 1.39 bits per heavy atom. The second-order valence-electron chi connectivity index (χ2n) is 8.20. The van der Waals surface area contributed by atoms with Crippen LogP contribution in [0.5, 0.6) is 0 Å². The van der Waals surface area contributed by atoms with E-state index in [4.69, 9.17) is 4.74 Å². The minimum atomic E-state index is -1.10. The highest BCUT2D eigenvalue weighted by Crippen LogP contribution is 2.44. The number of hydrogen-bond acceptors (Lipinski definition) is 3. The third-order valence-corrected chi connectivity index (χ3v) is 6.24. The van der Waals surface area contributed by atoms with Crippen molar-refractivity contribution in [2.45, 2.75) is 18.4 Å². The van der Waals surface area contributed by atoms with Gasteiger partial charge in [0.15, 0.2) is 0 Å². The summed E-state index contributed by atoms with van der Waals surface area (Å²) in [6, 6.07) is 28.7. The van der Waals surface area contributed by atoms with Gasteiger partial charge in [0.2, 0.25) is 0 Å². The second kappa shape index (κ2) is 8.79. The van der Waals surface area contributed by atoms with E-state index in [0.29, 0.717) is 0 Å². The molecule has 0 aromatic heterocycles. The molecule has 5 nitrogen and oxygen atoms in total. The fourth-order valence-electron chi connectivity index (χ4n) is 4.66. The number of fused-ring (bicyclic) bond motifs is 4. The van der Waals surface area contributed by atoms with Gasteiger partial charge in [-0.05, 0) is 38.9 Å². The Bertz CT molecular complexity index is 1250. The summed E-state index contributed by atoms with van der Waals surface area (Å²) in [7, 11) is 0. The summed E-state index contributed by atoms with van der Waals surface area (Å²) in [5.74, 6) is -1.18. The molecular weight excluding hydrogens is 414 g/mol. The van der Waals surface area contributed by atoms with Crippen molar-refractivity contribution in [2.75, 3.05) is 6.61 Å². The van der Waals surface area contributed by atoms with Gasteiger partial charge < -0.3 is 15.2 Å². The van der Waals surface area contributed by atoms with E-state index < -0.39 is 18.1 Å². The van der Waals surface area contributed by atoms with Gasteiger partial charge in [-0.2, -0.15) is 0 Å². The molecule has 0 aliphatic heterocycles. The zero-order chi connectivity index (χ0) is 22.8. The smallest absolute Gasteiger partial charge is 0.407 e. The number of alkyl carbamates (subject to hydrolysis) is 1. The molecule has 0 radical (unpaired) electrons. The highest BCUT2D eigenvalue weighted by atomic mass is 16.5. The van der Waals surface area contributed by atoms with Crippen LogP contribution in [-0.4, -0.2) is 29.8 Å². The Balaban J connectivity index is 1.28. The van der Waals surface area contributed by atoms with Gasteiger partial charge in [0, 0.05) is 12.3 Å². The fourth-order valence-corrected chi connectivity index (χ4v) is 4.66. The lowest BCUT2D eigenvalue weighted by atomic mass is 9.98. The summed E-state index contributed by atoms with van der Waals surface area (Å²) in [5.41, 5.74) is 7.37. The van der Waals surface area contributed by atoms with Gasteiger partial charge in [0.05, 0.1) is 0 Å². The molecule has 0 saturated carbocycles. The van der Waals surface area contributed by atoms with Crippen molar-refractivity contribution in [2.24, 2.45) is 0 Å². The van der Waals surface area contributed by atoms with Crippen LogP contribution < -0.4 is 5.32 Å². The van der Waals surface area contributed by atoms with Gasteiger partial charge in [0.25, 0.3) is 0 Å². The maximum Gasteiger partial charge on any atom is 0.407 e. The quantitative estimate of drug-likeness (QED) is 0.428. The number of ether oxygens (including phenoxy) is 1. The summed E-state index contributed by atoms with van der Waals surface area (Å²) in [6.45, 7) is 0.140. The summed E-state index contributed by atoms with van der Waals surface area (Å²) in [6.07, 6.45) is -0.557. The van der Waals surface area contributed by atoms with Crippen molar-refractivity contribution >= 4 is 12.1 Å². The van der Waals surface area contributed by atoms with Crippen molar-refractivity contribution in [3.63, 3.8) is 0 Å². The molecule has 0 spiro atoms. The van der Waals surface area contributed by atoms with E-state index >= 15 is 0 Å². The number of carboxylic acid groups (broad SMARTS) is 1. The predicted octanol–water partition coefficient (Wildman–Crippen LogP) is 5.33. The SMILES string of the molecule is O=C(N[C@@H](Cc1ccc2cccccc1-2)C(=O)O)OCC1c2ccccc2-c2ccccc21. The van der Waals surface area contributed by atoms with E-state index in [0.717, 1.165) is 38.9 Å².